The largest absolute Gasteiger partial charge is 0.398 e. The summed E-state index contributed by atoms with van der Waals surface area (Å²) in [5, 5.41) is 4.11. The van der Waals surface area contributed by atoms with Gasteiger partial charge >= 0.3 is 0 Å². The third kappa shape index (κ3) is 1.69. The van der Waals surface area contributed by atoms with Gasteiger partial charge in [-0.2, -0.15) is 5.10 Å². The number of benzene rings is 1. The van der Waals surface area contributed by atoms with E-state index in [1.165, 1.54) is 0 Å². The van der Waals surface area contributed by atoms with E-state index in [-0.39, 0.29) is 0 Å². The lowest BCUT2D eigenvalue weighted by Crippen LogP contribution is -2.02. The van der Waals surface area contributed by atoms with Gasteiger partial charge in [-0.1, -0.05) is 18.2 Å². The Morgan fingerprint density at radius 3 is 2.77 bits per heavy atom. The first-order valence-corrected chi connectivity index (χ1v) is 4.17. The fourth-order valence-electron chi connectivity index (χ4n) is 1.25. The normalized spacial score (nSPS) is 10.2. The summed E-state index contributed by atoms with van der Waals surface area (Å²) in [5.74, 6) is 0. The van der Waals surface area contributed by atoms with Crippen LogP contribution < -0.4 is 5.73 Å². The highest BCUT2D eigenvalue weighted by Crippen LogP contribution is 2.11. The lowest BCUT2D eigenvalue weighted by atomic mass is 10.2. The average molecular weight is 173 g/mol. The standard InChI is InChI=1S/C10H11N3/c11-10-5-2-1-4-9(10)8-13-7-3-6-12-13/h1-7H,8,11H2. The SMILES string of the molecule is Nc1ccccc1Cn1cccn1. The van der Waals surface area contributed by atoms with Crippen molar-refractivity contribution >= 4 is 5.69 Å². The Balaban J connectivity index is 2.24. The summed E-state index contributed by atoms with van der Waals surface area (Å²) < 4.78 is 1.85. The maximum Gasteiger partial charge on any atom is 0.0679 e. The zero-order chi connectivity index (χ0) is 9.10. The van der Waals surface area contributed by atoms with Gasteiger partial charge in [-0.05, 0) is 17.7 Å². The van der Waals surface area contributed by atoms with Crippen LogP contribution in [0.2, 0.25) is 0 Å². The molecular weight excluding hydrogens is 162 g/mol. The first-order valence-electron chi connectivity index (χ1n) is 4.17. The Hall–Kier alpha value is -1.77. The fraction of sp³-hybridized carbons (Fsp3) is 0.100. The zero-order valence-electron chi connectivity index (χ0n) is 7.22. The quantitative estimate of drug-likeness (QED) is 0.699. The van der Waals surface area contributed by atoms with Crippen molar-refractivity contribution in [3.63, 3.8) is 0 Å². The van der Waals surface area contributed by atoms with Gasteiger partial charge in [0.1, 0.15) is 0 Å². The summed E-state index contributed by atoms with van der Waals surface area (Å²) >= 11 is 0. The van der Waals surface area contributed by atoms with Gasteiger partial charge in [-0.25, -0.2) is 0 Å². The van der Waals surface area contributed by atoms with Gasteiger partial charge in [-0.3, -0.25) is 4.68 Å². The monoisotopic (exact) mass is 173 g/mol. The molecule has 0 amide bonds. The third-order valence-corrected chi connectivity index (χ3v) is 1.95. The van der Waals surface area contributed by atoms with Crippen molar-refractivity contribution in [3.05, 3.63) is 48.3 Å². The maximum absolute atomic E-state index is 5.80. The Labute approximate surface area is 76.8 Å². The molecule has 1 heterocycles. The van der Waals surface area contributed by atoms with Crippen LogP contribution in [0.25, 0.3) is 0 Å². The first kappa shape index (κ1) is 7.86. The van der Waals surface area contributed by atoms with Gasteiger partial charge in [0.25, 0.3) is 0 Å². The zero-order valence-corrected chi connectivity index (χ0v) is 7.22. The molecular formula is C10H11N3. The molecule has 0 aliphatic heterocycles. The van der Waals surface area contributed by atoms with Crippen molar-refractivity contribution in [3.8, 4) is 0 Å². The molecule has 3 nitrogen and oxygen atoms in total. The predicted molar refractivity (Wildman–Crippen MR) is 52.2 cm³/mol. The van der Waals surface area contributed by atoms with Gasteiger partial charge in [0.15, 0.2) is 0 Å². The molecule has 0 atom stereocenters. The molecule has 2 N–H and O–H groups in total. The number of anilines is 1. The molecule has 66 valence electrons. The van der Waals surface area contributed by atoms with Gasteiger partial charge in [-0.15, -0.1) is 0 Å². The smallest absolute Gasteiger partial charge is 0.0679 e. The molecule has 0 bridgehead atoms. The molecule has 0 radical (unpaired) electrons. The molecule has 0 aliphatic rings. The summed E-state index contributed by atoms with van der Waals surface area (Å²) in [5.41, 5.74) is 7.72. The molecule has 0 saturated heterocycles. The van der Waals surface area contributed by atoms with Crippen LogP contribution >= 0.6 is 0 Å². The van der Waals surface area contributed by atoms with Crippen molar-refractivity contribution < 1.29 is 0 Å². The van der Waals surface area contributed by atoms with E-state index < -0.39 is 0 Å². The number of nitrogens with two attached hydrogens (primary N) is 1. The summed E-state index contributed by atoms with van der Waals surface area (Å²) in [6.07, 6.45) is 3.69. The van der Waals surface area contributed by atoms with E-state index in [1.807, 2.05) is 41.2 Å². The highest BCUT2D eigenvalue weighted by atomic mass is 15.3. The molecule has 2 rings (SSSR count). The van der Waals surface area contributed by atoms with Crippen molar-refractivity contribution in [1.82, 2.24) is 9.78 Å². The van der Waals surface area contributed by atoms with E-state index in [2.05, 4.69) is 5.10 Å². The van der Waals surface area contributed by atoms with Crippen LogP contribution in [0, 0.1) is 0 Å². The number of rotatable bonds is 2. The second-order valence-corrected chi connectivity index (χ2v) is 2.90. The van der Waals surface area contributed by atoms with Crippen molar-refractivity contribution in [1.29, 1.82) is 0 Å². The Kier molecular flexibility index (Phi) is 2.00. The molecule has 2 aromatic rings. The molecule has 0 aliphatic carbocycles. The van der Waals surface area contributed by atoms with Crippen LogP contribution in [-0.4, -0.2) is 9.78 Å². The van der Waals surface area contributed by atoms with Gasteiger partial charge in [0, 0.05) is 18.1 Å². The van der Waals surface area contributed by atoms with Crippen LogP contribution in [-0.2, 0) is 6.54 Å². The van der Waals surface area contributed by atoms with E-state index in [4.69, 9.17) is 5.73 Å². The minimum absolute atomic E-state index is 0.736. The first-order chi connectivity index (χ1) is 6.36. The molecule has 0 fully saturated rings. The Morgan fingerprint density at radius 2 is 2.08 bits per heavy atom. The number of hydrogen-bond donors (Lipinski definition) is 1. The van der Waals surface area contributed by atoms with Crippen LogP contribution in [0.4, 0.5) is 5.69 Å². The maximum atomic E-state index is 5.80. The summed E-state index contributed by atoms with van der Waals surface area (Å²) in [4.78, 5) is 0. The predicted octanol–water partition coefficient (Wildman–Crippen LogP) is 1.51. The summed E-state index contributed by atoms with van der Waals surface area (Å²) in [6, 6.07) is 9.73. The van der Waals surface area contributed by atoms with Crippen LogP contribution in [0.1, 0.15) is 5.56 Å². The highest BCUT2D eigenvalue weighted by Gasteiger charge is 1.97. The molecule has 0 unspecified atom stereocenters. The Bertz CT molecular complexity index is 379. The molecule has 13 heavy (non-hydrogen) atoms. The lowest BCUT2D eigenvalue weighted by molar-refractivity contribution is 0.688. The average Bonchev–Trinajstić information content (AvgIpc) is 2.61. The van der Waals surface area contributed by atoms with Crippen LogP contribution in [0.5, 0.6) is 0 Å². The minimum atomic E-state index is 0.736. The number of nitrogens with zero attached hydrogens (tertiary/aromatic N) is 2. The summed E-state index contributed by atoms with van der Waals surface area (Å²) in [7, 11) is 0. The summed E-state index contributed by atoms with van der Waals surface area (Å²) in [6.45, 7) is 0.736. The second-order valence-electron chi connectivity index (χ2n) is 2.90. The van der Waals surface area contributed by atoms with E-state index in [0.717, 1.165) is 17.8 Å². The third-order valence-electron chi connectivity index (χ3n) is 1.95. The number of para-hydroxylation sites is 1. The highest BCUT2D eigenvalue weighted by molar-refractivity contribution is 5.46. The number of aromatic nitrogens is 2. The number of nitrogen functional groups attached to an aromatic ring is 1. The van der Waals surface area contributed by atoms with Gasteiger partial charge in [0.05, 0.1) is 6.54 Å². The second kappa shape index (κ2) is 3.31. The van der Waals surface area contributed by atoms with E-state index in [1.54, 1.807) is 6.20 Å². The lowest BCUT2D eigenvalue weighted by Gasteiger charge is -2.04. The van der Waals surface area contributed by atoms with Crippen LogP contribution in [0.15, 0.2) is 42.7 Å². The van der Waals surface area contributed by atoms with E-state index in [9.17, 15) is 0 Å². The van der Waals surface area contributed by atoms with Crippen LogP contribution in [0.3, 0.4) is 0 Å². The van der Waals surface area contributed by atoms with Gasteiger partial charge < -0.3 is 5.73 Å². The molecule has 0 spiro atoms. The fourth-order valence-corrected chi connectivity index (χ4v) is 1.25. The van der Waals surface area contributed by atoms with E-state index in [0.29, 0.717) is 0 Å². The molecule has 1 aromatic heterocycles. The molecule has 0 saturated carbocycles. The minimum Gasteiger partial charge on any atom is -0.398 e. The topological polar surface area (TPSA) is 43.8 Å². The number of hydrogen-bond acceptors (Lipinski definition) is 2. The van der Waals surface area contributed by atoms with Crippen molar-refractivity contribution in [2.24, 2.45) is 0 Å². The molecule has 1 aromatic carbocycles. The Morgan fingerprint density at radius 1 is 1.23 bits per heavy atom. The van der Waals surface area contributed by atoms with Crippen molar-refractivity contribution in [2.45, 2.75) is 6.54 Å². The molecule has 3 heteroatoms. The van der Waals surface area contributed by atoms with Gasteiger partial charge in [0.2, 0.25) is 0 Å². The van der Waals surface area contributed by atoms with E-state index >= 15 is 0 Å². The van der Waals surface area contributed by atoms with Crippen molar-refractivity contribution in [2.75, 3.05) is 5.73 Å².